The average molecular weight is 175 g/mol. The van der Waals surface area contributed by atoms with Gasteiger partial charge in [-0.3, -0.25) is 0 Å². The van der Waals surface area contributed by atoms with Gasteiger partial charge in [0.2, 0.25) is 0 Å². The van der Waals surface area contributed by atoms with Crippen LogP contribution in [0, 0.1) is 5.92 Å². The molecule has 2 nitrogen and oxygen atoms in total. The molecule has 66 valence electrons. The molecule has 1 rings (SSSR count). The molecule has 1 aliphatic heterocycles. The average Bonchev–Trinajstić information content (AvgIpc) is 2.07. The standard InChI is InChI=1S/C8H17NOS/c1-11-6-8(10)7-3-2-4-9-5-7/h7-10H,2-6H2,1H3. The van der Waals surface area contributed by atoms with Crippen molar-refractivity contribution in [3.63, 3.8) is 0 Å². The Hall–Kier alpha value is 0.270. The molecule has 1 aliphatic rings. The van der Waals surface area contributed by atoms with Gasteiger partial charge in [0.1, 0.15) is 0 Å². The number of rotatable bonds is 3. The van der Waals surface area contributed by atoms with Crippen LogP contribution in [0.25, 0.3) is 0 Å². The highest BCUT2D eigenvalue weighted by molar-refractivity contribution is 7.98. The van der Waals surface area contributed by atoms with E-state index in [0.29, 0.717) is 5.92 Å². The first-order valence-electron chi connectivity index (χ1n) is 4.22. The van der Waals surface area contributed by atoms with E-state index in [9.17, 15) is 5.11 Å². The summed E-state index contributed by atoms with van der Waals surface area (Å²) >= 11 is 1.73. The van der Waals surface area contributed by atoms with E-state index < -0.39 is 0 Å². The Balaban J connectivity index is 2.21. The van der Waals surface area contributed by atoms with Crippen LogP contribution in [0.15, 0.2) is 0 Å². The van der Waals surface area contributed by atoms with Crippen molar-refractivity contribution in [3.05, 3.63) is 0 Å². The lowest BCUT2D eigenvalue weighted by atomic mass is 9.95. The molecular weight excluding hydrogens is 158 g/mol. The largest absolute Gasteiger partial charge is 0.392 e. The number of thioether (sulfide) groups is 1. The number of aliphatic hydroxyl groups is 1. The summed E-state index contributed by atoms with van der Waals surface area (Å²) in [5.74, 6) is 1.38. The second-order valence-electron chi connectivity index (χ2n) is 3.13. The molecule has 1 fully saturated rings. The molecule has 2 atom stereocenters. The van der Waals surface area contributed by atoms with Gasteiger partial charge in [-0.2, -0.15) is 11.8 Å². The Morgan fingerprint density at radius 3 is 3.09 bits per heavy atom. The molecule has 11 heavy (non-hydrogen) atoms. The number of piperidine rings is 1. The van der Waals surface area contributed by atoms with Gasteiger partial charge in [0.05, 0.1) is 6.10 Å². The van der Waals surface area contributed by atoms with Gasteiger partial charge in [-0.1, -0.05) is 0 Å². The van der Waals surface area contributed by atoms with Crippen LogP contribution in [0.1, 0.15) is 12.8 Å². The predicted molar refractivity (Wildman–Crippen MR) is 50.0 cm³/mol. The van der Waals surface area contributed by atoms with E-state index >= 15 is 0 Å². The summed E-state index contributed by atoms with van der Waals surface area (Å²) in [6, 6.07) is 0. The van der Waals surface area contributed by atoms with Crippen LogP contribution in [0.5, 0.6) is 0 Å². The van der Waals surface area contributed by atoms with Gasteiger partial charge in [0.15, 0.2) is 0 Å². The van der Waals surface area contributed by atoms with Gasteiger partial charge in [-0.25, -0.2) is 0 Å². The van der Waals surface area contributed by atoms with Crippen LogP contribution < -0.4 is 5.32 Å². The van der Waals surface area contributed by atoms with E-state index in [2.05, 4.69) is 5.32 Å². The maximum atomic E-state index is 9.61. The van der Waals surface area contributed by atoms with Crippen LogP contribution in [0.3, 0.4) is 0 Å². The highest BCUT2D eigenvalue weighted by Crippen LogP contribution is 2.16. The highest BCUT2D eigenvalue weighted by atomic mass is 32.2. The number of hydrogen-bond acceptors (Lipinski definition) is 3. The maximum Gasteiger partial charge on any atom is 0.0670 e. The van der Waals surface area contributed by atoms with Gasteiger partial charge in [-0.05, 0) is 31.6 Å². The monoisotopic (exact) mass is 175 g/mol. The van der Waals surface area contributed by atoms with E-state index in [1.165, 1.54) is 12.8 Å². The molecule has 2 unspecified atom stereocenters. The van der Waals surface area contributed by atoms with Crippen molar-refractivity contribution in [1.29, 1.82) is 0 Å². The molecule has 0 aliphatic carbocycles. The minimum Gasteiger partial charge on any atom is -0.392 e. The zero-order valence-corrected chi connectivity index (χ0v) is 7.86. The first-order valence-corrected chi connectivity index (χ1v) is 5.61. The van der Waals surface area contributed by atoms with Crippen molar-refractivity contribution >= 4 is 11.8 Å². The Morgan fingerprint density at radius 1 is 1.73 bits per heavy atom. The topological polar surface area (TPSA) is 32.3 Å². The summed E-state index contributed by atoms with van der Waals surface area (Å²) in [4.78, 5) is 0. The first kappa shape index (κ1) is 9.36. The predicted octanol–water partition coefficient (Wildman–Crippen LogP) is 0.710. The van der Waals surface area contributed by atoms with Crippen LogP contribution in [-0.2, 0) is 0 Å². The quantitative estimate of drug-likeness (QED) is 0.662. The third-order valence-electron chi connectivity index (χ3n) is 2.22. The van der Waals surface area contributed by atoms with Crippen molar-refractivity contribution in [2.45, 2.75) is 18.9 Å². The van der Waals surface area contributed by atoms with E-state index in [0.717, 1.165) is 18.8 Å². The number of nitrogens with one attached hydrogen (secondary N) is 1. The molecule has 0 amide bonds. The Bertz CT molecular complexity index is 104. The van der Waals surface area contributed by atoms with Crippen molar-refractivity contribution in [2.75, 3.05) is 25.1 Å². The third kappa shape index (κ3) is 3.01. The van der Waals surface area contributed by atoms with Crippen LogP contribution in [0.2, 0.25) is 0 Å². The zero-order chi connectivity index (χ0) is 8.10. The summed E-state index contributed by atoms with van der Waals surface area (Å²) in [6.07, 6.45) is 4.35. The fourth-order valence-electron chi connectivity index (χ4n) is 1.51. The maximum absolute atomic E-state index is 9.61. The number of hydrogen-bond donors (Lipinski definition) is 2. The normalized spacial score (nSPS) is 28.4. The van der Waals surface area contributed by atoms with E-state index in [4.69, 9.17) is 0 Å². The fourth-order valence-corrected chi connectivity index (χ4v) is 2.13. The molecule has 0 aromatic rings. The molecular formula is C8H17NOS. The van der Waals surface area contributed by atoms with Crippen LogP contribution in [0.4, 0.5) is 0 Å². The highest BCUT2D eigenvalue weighted by Gasteiger charge is 2.20. The van der Waals surface area contributed by atoms with Crippen LogP contribution in [-0.4, -0.2) is 36.3 Å². The summed E-state index contributed by atoms with van der Waals surface area (Å²) < 4.78 is 0. The minimum absolute atomic E-state index is 0.0993. The minimum atomic E-state index is -0.0993. The van der Waals surface area contributed by atoms with E-state index in [1.807, 2.05) is 6.26 Å². The molecule has 0 radical (unpaired) electrons. The Morgan fingerprint density at radius 2 is 2.55 bits per heavy atom. The third-order valence-corrected chi connectivity index (χ3v) is 2.89. The second-order valence-corrected chi connectivity index (χ2v) is 4.04. The SMILES string of the molecule is CSCC(O)C1CCCNC1. The van der Waals surface area contributed by atoms with Gasteiger partial charge in [0.25, 0.3) is 0 Å². The first-order chi connectivity index (χ1) is 5.34. The second kappa shape index (κ2) is 5.01. The van der Waals surface area contributed by atoms with Gasteiger partial charge in [0, 0.05) is 12.3 Å². The molecule has 0 spiro atoms. The van der Waals surface area contributed by atoms with Crippen molar-refractivity contribution in [2.24, 2.45) is 5.92 Å². The van der Waals surface area contributed by atoms with Crippen molar-refractivity contribution in [1.82, 2.24) is 5.32 Å². The van der Waals surface area contributed by atoms with Crippen molar-refractivity contribution < 1.29 is 5.11 Å². The van der Waals surface area contributed by atoms with Gasteiger partial charge < -0.3 is 10.4 Å². The lowest BCUT2D eigenvalue weighted by molar-refractivity contribution is 0.113. The Labute approximate surface area is 72.8 Å². The lowest BCUT2D eigenvalue weighted by Crippen LogP contribution is -2.37. The molecule has 2 N–H and O–H groups in total. The zero-order valence-electron chi connectivity index (χ0n) is 7.05. The summed E-state index contributed by atoms with van der Waals surface area (Å²) in [6.45, 7) is 2.13. The van der Waals surface area contributed by atoms with Gasteiger partial charge in [-0.15, -0.1) is 0 Å². The molecule has 0 aromatic carbocycles. The van der Waals surface area contributed by atoms with E-state index in [-0.39, 0.29) is 6.10 Å². The van der Waals surface area contributed by atoms with Crippen LogP contribution >= 0.6 is 11.8 Å². The van der Waals surface area contributed by atoms with Gasteiger partial charge >= 0.3 is 0 Å². The summed E-state index contributed by atoms with van der Waals surface area (Å²) in [5.41, 5.74) is 0. The fraction of sp³-hybridized carbons (Fsp3) is 1.00. The number of aliphatic hydroxyl groups excluding tert-OH is 1. The lowest BCUT2D eigenvalue weighted by Gasteiger charge is -2.26. The molecule has 0 bridgehead atoms. The molecule has 1 saturated heterocycles. The van der Waals surface area contributed by atoms with E-state index in [1.54, 1.807) is 11.8 Å². The summed E-state index contributed by atoms with van der Waals surface area (Å²) in [5, 5.41) is 12.9. The molecule has 0 saturated carbocycles. The smallest absolute Gasteiger partial charge is 0.0670 e. The molecule has 3 heteroatoms. The molecule has 0 aromatic heterocycles. The summed E-state index contributed by atoms with van der Waals surface area (Å²) in [7, 11) is 0. The Kier molecular flexibility index (Phi) is 4.26. The van der Waals surface area contributed by atoms with Crippen molar-refractivity contribution in [3.8, 4) is 0 Å². The molecule has 1 heterocycles.